The van der Waals surface area contributed by atoms with E-state index >= 15 is 0 Å². The fraction of sp³-hybridized carbons (Fsp3) is 0.909. The maximum atomic E-state index is 11.6. The zero-order valence-corrected chi connectivity index (χ0v) is 10.1. The molecule has 0 aromatic carbocycles. The molecule has 0 aromatic rings. The first-order valence-corrected chi connectivity index (χ1v) is 5.87. The maximum Gasteiger partial charge on any atom is 0.248 e. The molecule has 1 saturated heterocycles. The number of hydrogen-bond acceptors (Lipinski definition) is 4. The molecular weight excluding hydrogens is 208 g/mol. The van der Waals surface area contributed by atoms with Gasteiger partial charge in [0.1, 0.15) is 6.10 Å². The van der Waals surface area contributed by atoms with Gasteiger partial charge in [0.05, 0.1) is 6.10 Å². The summed E-state index contributed by atoms with van der Waals surface area (Å²) in [5.41, 5.74) is 0. The van der Waals surface area contributed by atoms with Gasteiger partial charge in [-0.1, -0.05) is 0 Å². The summed E-state index contributed by atoms with van der Waals surface area (Å²) in [6.07, 6.45) is 1.63. The van der Waals surface area contributed by atoms with E-state index in [1.54, 1.807) is 14.0 Å². The summed E-state index contributed by atoms with van der Waals surface area (Å²) in [6, 6.07) is 0. The summed E-state index contributed by atoms with van der Waals surface area (Å²) in [4.78, 5) is 11.6. The third-order valence-corrected chi connectivity index (χ3v) is 2.61. The second-order valence-corrected chi connectivity index (χ2v) is 4.03. The van der Waals surface area contributed by atoms with Crippen molar-refractivity contribution in [2.24, 2.45) is 0 Å². The zero-order valence-electron chi connectivity index (χ0n) is 10.1. The fourth-order valence-electron chi connectivity index (χ4n) is 1.67. The van der Waals surface area contributed by atoms with Gasteiger partial charge in [0.15, 0.2) is 0 Å². The van der Waals surface area contributed by atoms with Crippen LogP contribution in [0.1, 0.15) is 19.8 Å². The quantitative estimate of drug-likeness (QED) is 0.600. The van der Waals surface area contributed by atoms with Crippen molar-refractivity contribution < 1.29 is 14.3 Å². The van der Waals surface area contributed by atoms with Crippen molar-refractivity contribution in [3.05, 3.63) is 0 Å². The second-order valence-electron chi connectivity index (χ2n) is 4.03. The number of methoxy groups -OCH3 is 1. The largest absolute Gasteiger partial charge is 0.385 e. The van der Waals surface area contributed by atoms with E-state index in [1.165, 1.54) is 0 Å². The summed E-state index contributed by atoms with van der Waals surface area (Å²) in [7, 11) is 1.65. The van der Waals surface area contributed by atoms with Gasteiger partial charge >= 0.3 is 0 Å². The van der Waals surface area contributed by atoms with E-state index in [1.807, 2.05) is 0 Å². The Morgan fingerprint density at radius 1 is 1.62 bits per heavy atom. The third kappa shape index (κ3) is 4.92. The Morgan fingerprint density at radius 3 is 3.06 bits per heavy atom. The number of hydrogen-bond donors (Lipinski definition) is 2. The average molecular weight is 230 g/mol. The van der Waals surface area contributed by atoms with Gasteiger partial charge in [0, 0.05) is 26.8 Å². The first-order valence-electron chi connectivity index (χ1n) is 5.87. The molecule has 94 valence electrons. The van der Waals surface area contributed by atoms with E-state index in [4.69, 9.17) is 9.47 Å². The van der Waals surface area contributed by atoms with Crippen molar-refractivity contribution in [3.8, 4) is 0 Å². The van der Waals surface area contributed by atoms with Crippen molar-refractivity contribution in [2.75, 3.05) is 33.4 Å². The average Bonchev–Trinajstić information content (AvgIpc) is 2.76. The van der Waals surface area contributed by atoms with E-state index in [9.17, 15) is 4.79 Å². The topological polar surface area (TPSA) is 59.6 Å². The van der Waals surface area contributed by atoms with Gasteiger partial charge < -0.3 is 20.1 Å². The standard InChI is InChI=1S/C11H22N2O3/c1-9(16-10-4-6-12-8-10)11(14)13-5-3-7-15-2/h9-10,12H,3-8H2,1-2H3,(H,13,14). The molecule has 1 aliphatic heterocycles. The lowest BCUT2D eigenvalue weighted by atomic mass is 10.3. The Bertz CT molecular complexity index is 205. The molecule has 1 aliphatic rings. The predicted molar refractivity (Wildman–Crippen MR) is 61.3 cm³/mol. The monoisotopic (exact) mass is 230 g/mol. The van der Waals surface area contributed by atoms with Crippen LogP contribution in [-0.4, -0.2) is 51.5 Å². The number of carbonyl (C=O) groups is 1. The molecule has 0 aliphatic carbocycles. The van der Waals surface area contributed by atoms with Crippen molar-refractivity contribution in [3.63, 3.8) is 0 Å². The predicted octanol–water partition coefficient (Wildman–Crippen LogP) is -0.0939. The molecule has 2 unspecified atom stereocenters. The van der Waals surface area contributed by atoms with Crippen molar-refractivity contribution in [2.45, 2.75) is 32.0 Å². The van der Waals surface area contributed by atoms with E-state index in [2.05, 4.69) is 10.6 Å². The molecule has 1 amide bonds. The van der Waals surface area contributed by atoms with Gasteiger partial charge in [-0.2, -0.15) is 0 Å². The highest BCUT2D eigenvalue weighted by Gasteiger charge is 2.21. The number of rotatable bonds is 7. The Labute approximate surface area is 96.9 Å². The maximum absolute atomic E-state index is 11.6. The van der Waals surface area contributed by atoms with E-state index in [0.717, 1.165) is 25.9 Å². The van der Waals surface area contributed by atoms with Crippen LogP contribution in [0.4, 0.5) is 0 Å². The summed E-state index contributed by atoms with van der Waals surface area (Å²) < 4.78 is 10.5. The van der Waals surface area contributed by atoms with Crippen LogP contribution in [0.15, 0.2) is 0 Å². The molecular formula is C11H22N2O3. The van der Waals surface area contributed by atoms with Crippen molar-refractivity contribution >= 4 is 5.91 Å². The Morgan fingerprint density at radius 2 is 2.44 bits per heavy atom. The highest BCUT2D eigenvalue weighted by molar-refractivity contribution is 5.80. The van der Waals surface area contributed by atoms with Crippen LogP contribution in [-0.2, 0) is 14.3 Å². The molecule has 5 heteroatoms. The SMILES string of the molecule is COCCCNC(=O)C(C)OC1CCNC1. The minimum absolute atomic E-state index is 0.0389. The summed E-state index contributed by atoms with van der Waals surface area (Å²) in [5, 5.41) is 6.03. The lowest BCUT2D eigenvalue weighted by molar-refractivity contribution is -0.134. The van der Waals surface area contributed by atoms with Crippen molar-refractivity contribution in [1.29, 1.82) is 0 Å². The Kier molecular flexibility index (Phi) is 6.37. The van der Waals surface area contributed by atoms with E-state index in [0.29, 0.717) is 13.2 Å². The Hall–Kier alpha value is -0.650. The molecule has 1 fully saturated rings. The Balaban J connectivity index is 2.09. The second kappa shape index (κ2) is 7.60. The van der Waals surface area contributed by atoms with Gasteiger partial charge in [0.25, 0.3) is 0 Å². The number of carbonyl (C=O) groups excluding carboxylic acids is 1. The highest BCUT2D eigenvalue weighted by Crippen LogP contribution is 2.06. The molecule has 0 spiro atoms. The fourth-order valence-corrected chi connectivity index (χ4v) is 1.67. The number of nitrogens with one attached hydrogen (secondary N) is 2. The molecule has 0 aromatic heterocycles. The lowest BCUT2D eigenvalue weighted by Gasteiger charge is -2.17. The molecule has 2 N–H and O–H groups in total. The zero-order chi connectivity index (χ0) is 11.8. The first kappa shape index (κ1) is 13.4. The van der Waals surface area contributed by atoms with Crippen LogP contribution < -0.4 is 10.6 Å². The molecule has 1 rings (SSSR count). The van der Waals surface area contributed by atoms with Crippen LogP contribution in [0.25, 0.3) is 0 Å². The normalized spacial score (nSPS) is 22.0. The van der Waals surface area contributed by atoms with E-state index in [-0.39, 0.29) is 18.1 Å². The van der Waals surface area contributed by atoms with Crippen LogP contribution in [0, 0.1) is 0 Å². The number of ether oxygens (including phenoxy) is 2. The van der Waals surface area contributed by atoms with Gasteiger partial charge in [-0.15, -0.1) is 0 Å². The summed E-state index contributed by atoms with van der Waals surface area (Å²) in [5.74, 6) is -0.0389. The molecule has 0 bridgehead atoms. The van der Waals surface area contributed by atoms with Gasteiger partial charge in [-0.25, -0.2) is 0 Å². The summed E-state index contributed by atoms with van der Waals surface area (Å²) >= 11 is 0. The van der Waals surface area contributed by atoms with Crippen LogP contribution >= 0.6 is 0 Å². The minimum Gasteiger partial charge on any atom is -0.385 e. The lowest BCUT2D eigenvalue weighted by Crippen LogP contribution is -2.38. The van der Waals surface area contributed by atoms with Crippen LogP contribution in [0.3, 0.4) is 0 Å². The third-order valence-electron chi connectivity index (χ3n) is 2.61. The highest BCUT2D eigenvalue weighted by atomic mass is 16.5. The molecule has 0 saturated carbocycles. The minimum atomic E-state index is -0.368. The van der Waals surface area contributed by atoms with Crippen LogP contribution in [0.5, 0.6) is 0 Å². The van der Waals surface area contributed by atoms with Crippen molar-refractivity contribution in [1.82, 2.24) is 10.6 Å². The summed E-state index contributed by atoms with van der Waals surface area (Å²) in [6.45, 7) is 4.93. The molecule has 5 nitrogen and oxygen atoms in total. The molecule has 1 heterocycles. The van der Waals surface area contributed by atoms with Gasteiger partial charge in [-0.3, -0.25) is 4.79 Å². The smallest absolute Gasteiger partial charge is 0.248 e. The van der Waals surface area contributed by atoms with Gasteiger partial charge in [-0.05, 0) is 26.3 Å². The van der Waals surface area contributed by atoms with E-state index < -0.39 is 0 Å². The molecule has 16 heavy (non-hydrogen) atoms. The number of amides is 1. The van der Waals surface area contributed by atoms with Crippen LogP contribution in [0.2, 0.25) is 0 Å². The molecule has 2 atom stereocenters. The van der Waals surface area contributed by atoms with Gasteiger partial charge in [0.2, 0.25) is 5.91 Å². The molecule has 0 radical (unpaired) electrons. The first-order chi connectivity index (χ1) is 7.74.